The van der Waals surface area contributed by atoms with Crippen LogP contribution in [-0.4, -0.2) is 35.4 Å². The van der Waals surface area contributed by atoms with Gasteiger partial charge in [0.2, 0.25) is 0 Å². The zero-order valence-corrected chi connectivity index (χ0v) is 13.1. The quantitative estimate of drug-likeness (QED) is 0.757. The second kappa shape index (κ2) is 6.26. The smallest absolute Gasteiger partial charge is 0.319 e. The fraction of sp³-hybridized carbons (Fsp3) is 0.400. The molecule has 24 heavy (non-hydrogen) atoms. The van der Waals surface area contributed by atoms with Crippen LogP contribution >= 0.6 is 0 Å². The van der Waals surface area contributed by atoms with E-state index < -0.39 is 0 Å². The number of anilines is 1. The Morgan fingerprint density at radius 1 is 1.21 bits per heavy atom. The van der Waals surface area contributed by atoms with Crippen LogP contribution < -0.4 is 10.6 Å². The van der Waals surface area contributed by atoms with E-state index >= 15 is 0 Å². The van der Waals surface area contributed by atoms with Crippen molar-refractivity contribution < 1.29 is 4.79 Å². The lowest BCUT2D eigenvalue weighted by Crippen LogP contribution is -2.29. The highest BCUT2D eigenvalue weighted by atomic mass is 16.2. The second-order valence-electron chi connectivity index (χ2n) is 5.79. The van der Waals surface area contributed by atoms with Crippen LogP contribution in [0.25, 0.3) is 5.65 Å². The first-order valence-electron chi connectivity index (χ1n) is 8.05. The van der Waals surface area contributed by atoms with Crippen LogP contribution in [0.5, 0.6) is 0 Å². The number of fused-ring (bicyclic) bond motifs is 2. The highest BCUT2D eigenvalue weighted by Crippen LogP contribution is 2.15. The maximum absolute atomic E-state index is 12.2. The van der Waals surface area contributed by atoms with E-state index in [2.05, 4.69) is 35.6 Å². The first-order chi connectivity index (χ1) is 11.8. The molecule has 3 aromatic rings. The maximum Gasteiger partial charge on any atom is 0.319 e. The van der Waals surface area contributed by atoms with Crippen molar-refractivity contribution in [2.24, 2.45) is 0 Å². The predicted octanol–water partition coefficient (Wildman–Crippen LogP) is 1.37. The van der Waals surface area contributed by atoms with Crippen molar-refractivity contribution >= 4 is 17.4 Å². The SMILES string of the molecule is O=C(NCc1nnc2n1CCCCC2)Nc1cccn2cnnc12. The molecule has 124 valence electrons. The lowest BCUT2D eigenvalue weighted by atomic mass is 10.2. The maximum atomic E-state index is 12.2. The lowest BCUT2D eigenvalue weighted by Gasteiger charge is -2.09. The van der Waals surface area contributed by atoms with Gasteiger partial charge in [-0.2, -0.15) is 0 Å². The van der Waals surface area contributed by atoms with E-state index in [1.807, 2.05) is 12.3 Å². The monoisotopic (exact) mass is 326 g/mol. The minimum absolute atomic E-state index is 0.308. The summed E-state index contributed by atoms with van der Waals surface area (Å²) < 4.78 is 3.86. The molecular formula is C15H18N8O. The minimum atomic E-state index is -0.308. The van der Waals surface area contributed by atoms with E-state index in [-0.39, 0.29) is 6.03 Å². The van der Waals surface area contributed by atoms with Gasteiger partial charge in [-0.15, -0.1) is 20.4 Å². The standard InChI is InChI=1S/C15H18N8O/c24-15(18-11-5-4-7-22-10-17-21-14(11)22)16-9-13-20-19-12-6-2-1-3-8-23(12)13/h4-5,7,10H,1-3,6,8-9H2,(H2,16,18,24). The molecule has 0 atom stereocenters. The summed E-state index contributed by atoms with van der Waals surface area (Å²) in [5.74, 6) is 1.81. The number of hydrogen-bond donors (Lipinski definition) is 2. The number of amides is 2. The molecule has 4 rings (SSSR count). The number of aryl methyl sites for hydroxylation is 1. The molecule has 0 unspecified atom stereocenters. The van der Waals surface area contributed by atoms with Gasteiger partial charge in [0.15, 0.2) is 11.5 Å². The average Bonchev–Trinajstić information content (AvgIpc) is 3.15. The Hall–Kier alpha value is -2.97. The molecule has 4 heterocycles. The van der Waals surface area contributed by atoms with Gasteiger partial charge in [-0.05, 0) is 25.0 Å². The summed E-state index contributed by atoms with van der Waals surface area (Å²) in [6, 6.07) is 3.30. The van der Waals surface area contributed by atoms with Crippen molar-refractivity contribution in [3.05, 3.63) is 36.3 Å². The fourth-order valence-corrected chi connectivity index (χ4v) is 2.95. The molecular weight excluding hydrogens is 308 g/mol. The van der Waals surface area contributed by atoms with Crippen molar-refractivity contribution in [1.29, 1.82) is 0 Å². The first-order valence-corrected chi connectivity index (χ1v) is 8.05. The molecule has 0 saturated carbocycles. The summed E-state index contributed by atoms with van der Waals surface area (Å²) in [5, 5.41) is 21.9. The van der Waals surface area contributed by atoms with Crippen LogP contribution in [0.1, 0.15) is 30.9 Å². The third kappa shape index (κ3) is 2.80. The number of nitrogens with one attached hydrogen (secondary N) is 2. The van der Waals surface area contributed by atoms with Gasteiger partial charge < -0.3 is 15.2 Å². The molecule has 3 aromatic heterocycles. The van der Waals surface area contributed by atoms with Gasteiger partial charge in [-0.3, -0.25) is 4.40 Å². The number of pyridine rings is 1. The molecule has 0 aromatic carbocycles. The van der Waals surface area contributed by atoms with Crippen LogP contribution in [0, 0.1) is 0 Å². The van der Waals surface area contributed by atoms with E-state index in [0.717, 1.165) is 37.5 Å². The summed E-state index contributed by atoms with van der Waals surface area (Å²) >= 11 is 0. The van der Waals surface area contributed by atoms with Crippen molar-refractivity contribution in [2.45, 2.75) is 38.8 Å². The third-order valence-corrected chi connectivity index (χ3v) is 4.16. The molecule has 1 aliphatic rings. The largest absolute Gasteiger partial charge is 0.331 e. The topological polar surface area (TPSA) is 102 Å². The number of carbonyl (C=O) groups is 1. The minimum Gasteiger partial charge on any atom is -0.331 e. The zero-order chi connectivity index (χ0) is 16.4. The Bertz CT molecular complexity index is 867. The number of aromatic nitrogens is 6. The lowest BCUT2D eigenvalue weighted by molar-refractivity contribution is 0.251. The molecule has 1 aliphatic heterocycles. The number of urea groups is 1. The van der Waals surface area contributed by atoms with Gasteiger partial charge in [0.25, 0.3) is 0 Å². The van der Waals surface area contributed by atoms with E-state index in [9.17, 15) is 4.79 Å². The molecule has 0 bridgehead atoms. The Kier molecular flexibility index (Phi) is 3.81. The Morgan fingerprint density at radius 3 is 3.12 bits per heavy atom. The Labute approximate surface area is 138 Å². The Morgan fingerprint density at radius 2 is 2.17 bits per heavy atom. The van der Waals surface area contributed by atoms with Crippen LogP contribution in [0.3, 0.4) is 0 Å². The van der Waals surface area contributed by atoms with Gasteiger partial charge in [0, 0.05) is 19.2 Å². The Balaban J connectivity index is 1.42. The van der Waals surface area contributed by atoms with Crippen molar-refractivity contribution in [2.75, 3.05) is 5.32 Å². The molecule has 0 radical (unpaired) electrons. The molecule has 2 N–H and O–H groups in total. The van der Waals surface area contributed by atoms with Gasteiger partial charge in [-0.25, -0.2) is 4.79 Å². The van der Waals surface area contributed by atoms with Gasteiger partial charge in [0.05, 0.1) is 12.2 Å². The molecule has 2 amide bonds. The van der Waals surface area contributed by atoms with Gasteiger partial charge >= 0.3 is 6.03 Å². The van der Waals surface area contributed by atoms with Crippen LogP contribution in [0.15, 0.2) is 24.7 Å². The molecule has 0 fully saturated rings. The van der Waals surface area contributed by atoms with E-state index in [0.29, 0.717) is 17.9 Å². The molecule has 0 aliphatic carbocycles. The summed E-state index contributed by atoms with van der Waals surface area (Å²) in [5.41, 5.74) is 1.21. The zero-order valence-electron chi connectivity index (χ0n) is 13.1. The van der Waals surface area contributed by atoms with E-state index in [1.54, 1.807) is 16.8 Å². The van der Waals surface area contributed by atoms with Crippen molar-refractivity contribution in [3.63, 3.8) is 0 Å². The molecule has 9 nitrogen and oxygen atoms in total. The van der Waals surface area contributed by atoms with Gasteiger partial charge in [0.1, 0.15) is 12.2 Å². The number of nitrogens with zero attached hydrogens (tertiary/aromatic N) is 6. The van der Waals surface area contributed by atoms with Crippen LogP contribution in [0.2, 0.25) is 0 Å². The average molecular weight is 326 g/mol. The fourth-order valence-electron chi connectivity index (χ4n) is 2.95. The van der Waals surface area contributed by atoms with E-state index in [1.165, 1.54) is 6.42 Å². The number of hydrogen-bond acceptors (Lipinski definition) is 5. The number of carbonyl (C=O) groups excluding carboxylic acids is 1. The normalized spacial score (nSPS) is 14.2. The van der Waals surface area contributed by atoms with Crippen molar-refractivity contribution in [1.82, 2.24) is 34.7 Å². The second-order valence-corrected chi connectivity index (χ2v) is 5.79. The van der Waals surface area contributed by atoms with Crippen LogP contribution in [0.4, 0.5) is 10.5 Å². The van der Waals surface area contributed by atoms with Crippen LogP contribution in [-0.2, 0) is 19.5 Å². The summed E-state index contributed by atoms with van der Waals surface area (Å²) in [7, 11) is 0. The summed E-state index contributed by atoms with van der Waals surface area (Å²) in [6.45, 7) is 1.26. The molecule has 0 saturated heterocycles. The first kappa shape index (κ1) is 14.6. The molecule has 0 spiro atoms. The summed E-state index contributed by atoms with van der Waals surface area (Å²) in [4.78, 5) is 12.2. The highest BCUT2D eigenvalue weighted by Gasteiger charge is 2.15. The summed E-state index contributed by atoms with van der Waals surface area (Å²) in [6.07, 6.45) is 7.84. The predicted molar refractivity (Wildman–Crippen MR) is 86.4 cm³/mol. The van der Waals surface area contributed by atoms with Crippen molar-refractivity contribution in [3.8, 4) is 0 Å². The highest BCUT2D eigenvalue weighted by molar-refractivity contribution is 5.92. The number of rotatable bonds is 3. The van der Waals surface area contributed by atoms with Gasteiger partial charge in [-0.1, -0.05) is 6.42 Å². The molecule has 9 heteroatoms. The van der Waals surface area contributed by atoms with E-state index in [4.69, 9.17) is 0 Å². The third-order valence-electron chi connectivity index (χ3n) is 4.16.